The third-order valence-corrected chi connectivity index (χ3v) is 4.79. The summed E-state index contributed by atoms with van der Waals surface area (Å²) in [5.74, 6) is 1.20. The normalized spacial score (nSPS) is 15.1. The third kappa shape index (κ3) is 5.53. The third-order valence-electron chi connectivity index (χ3n) is 4.79. The standard InChI is InChI=1S/C20H29N5O2/c1-15(2)9-12-27-19-6-4-3-5-16(19)13-22-20(26)18-14-25(24-23-18)17-7-10-21-11-8-17/h3-6,14-15,17,21H,7-13H2,1-2H3,(H,22,26). The molecule has 146 valence electrons. The molecule has 0 bridgehead atoms. The van der Waals surface area contributed by atoms with Crippen LogP contribution in [0.2, 0.25) is 0 Å². The second-order valence-electron chi connectivity index (χ2n) is 7.39. The zero-order chi connectivity index (χ0) is 19.1. The zero-order valence-corrected chi connectivity index (χ0v) is 16.1. The number of nitrogens with zero attached hydrogens (tertiary/aromatic N) is 3. The second-order valence-corrected chi connectivity index (χ2v) is 7.39. The maximum absolute atomic E-state index is 12.4. The Morgan fingerprint density at radius 2 is 2.11 bits per heavy atom. The molecule has 1 aromatic heterocycles. The van der Waals surface area contributed by atoms with Crippen molar-refractivity contribution < 1.29 is 9.53 Å². The lowest BCUT2D eigenvalue weighted by Gasteiger charge is -2.22. The fourth-order valence-electron chi connectivity index (χ4n) is 3.09. The predicted octanol–water partition coefficient (Wildman–Crippen LogP) is 2.56. The van der Waals surface area contributed by atoms with Crippen LogP contribution in [-0.4, -0.2) is 40.6 Å². The van der Waals surface area contributed by atoms with Crippen LogP contribution in [0.15, 0.2) is 30.5 Å². The van der Waals surface area contributed by atoms with Crippen LogP contribution in [0.25, 0.3) is 0 Å². The Bertz CT molecular complexity index is 737. The topological polar surface area (TPSA) is 81.1 Å². The summed E-state index contributed by atoms with van der Waals surface area (Å²) in [6.45, 7) is 7.36. The Morgan fingerprint density at radius 1 is 1.33 bits per heavy atom. The molecule has 1 fully saturated rings. The van der Waals surface area contributed by atoms with Crippen molar-refractivity contribution in [2.24, 2.45) is 5.92 Å². The van der Waals surface area contributed by atoms with Crippen molar-refractivity contribution in [1.29, 1.82) is 0 Å². The van der Waals surface area contributed by atoms with Gasteiger partial charge in [-0.2, -0.15) is 0 Å². The van der Waals surface area contributed by atoms with Crippen LogP contribution in [0.4, 0.5) is 0 Å². The van der Waals surface area contributed by atoms with E-state index in [2.05, 4.69) is 34.8 Å². The maximum Gasteiger partial charge on any atom is 0.273 e. The van der Waals surface area contributed by atoms with Crippen LogP contribution < -0.4 is 15.4 Å². The lowest BCUT2D eigenvalue weighted by Crippen LogP contribution is -2.29. The number of piperidine rings is 1. The van der Waals surface area contributed by atoms with Gasteiger partial charge in [-0.1, -0.05) is 37.3 Å². The number of hydrogen-bond acceptors (Lipinski definition) is 5. The summed E-state index contributed by atoms with van der Waals surface area (Å²) in [6, 6.07) is 8.12. The van der Waals surface area contributed by atoms with Gasteiger partial charge in [0.25, 0.3) is 5.91 Å². The molecule has 0 radical (unpaired) electrons. The fraction of sp³-hybridized carbons (Fsp3) is 0.550. The first kappa shape index (κ1) is 19.4. The van der Waals surface area contributed by atoms with Gasteiger partial charge >= 0.3 is 0 Å². The number of rotatable bonds is 8. The average molecular weight is 371 g/mol. The highest BCUT2D eigenvalue weighted by Crippen LogP contribution is 2.19. The smallest absolute Gasteiger partial charge is 0.273 e. The second kappa shape index (κ2) is 9.50. The summed E-state index contributed by atoms with van der Waals surface area (Å²) < 4.78 is 7.70. The van der Waals surface area contributed by atoms with Crippen molar-refractivity contribution in [3.05, 3.63) is 41.7 Å². The first-order valence-corrected chi connectivity index (χ1v) is 9.75. The molecule has 2 heterocycles. The van der Waals surface area contributed by atoms with Crippen LogP contribution in [0.3, 0.4) is 0 Å². The highest BCUT2D eigenvalue weighted by atomic mass is 16.5. The summed E-state index contributed by atoms with van der Waals surface area (Å²) in [5, 5.41) is 14.4. The number of carbonyl (C=O) groups excluding carboxylic acids is 1. The number of amides is 1. The van der Waals surface area contributed by atoms with E-state index in [1.165, 1.54) is 0 Å². The molecule has 1 amide bonds. The summed E-state index contributed by atoms with van der Waals surface area (Å²) >= 11 is 0. The van der Waals surface area contributed by atoms with Gasteiger partial charge in [0.05, 0.1) is 18.8 Å². The molecule has 0 saturated carbocycles. The van der Waals surface area contributed by atoms with Gasteiger partial charge in [0, 0.05) is 12.1 Å². The molecule has 0 aliphatic carbocycles. The summed E-state index contributed by atoms with van der Waals surface area (Å²) in [7, 11) is 0. The monoisotopic (exact) mass is 371 g/mol. The van der Waals surface area contributed by atoms with E-state index in [9.17, 15) is 4.79 Å². The minimum Gasteiger partial charge on any atom is -0.493 e. The van der Waals surface area contributed by atoms with E-state index >= 15 is 0 Å². The molecule has 27 heavy (non-hydrogen) atoms. The van der Waals surface area contributed by atoms with Gasteiger partial charge in [-0.15, -0.1) is 5.10 Å². The van der Waals surface area contributed by atoms with Crippen LogP contribution >= 0.6 is 0 Å². The SMILES string of the molecule is CC(C)CCOc1ccccc1CNC(=O)c1cn(C2CCNCC2)nn1. The highest BCUT2D eigenvalue weighted by Gasteiger charge is 2.18. The number of para-hydroxylation sites is 1. The molecular formula is C20H29N5O2. The van der Waals surface area contributed by atoms with Crippen molar-refractivity contribution in [1.82, 2.24) is 25.6 Å². The lowest BCUT2D eigenvalue weighted by molar-refractivity contribution is 0.0945. The number of nitrogens with one attached hydrogen (secondary N) is 2. The molecule has 0 spiro atoms. The van der Waals surface area contributed by atoms with Gasteiger partial charge in [0.2, 0.25) is 0 Å². The number of carbonyl (C=O) groups is 1. The van der Waals surface area contributed by atoms with Crippen LogP contribution in [0, 0.1) is 5.92 Å². The minimum absolute atomic E-state index is 0.216. The number of benzene rings is 1. The Balaban J connectivity index is 1.55. The zero-order valence-electron chi connectivity index (χ0n) is 16.1. The lowest BCUT2D eigenvalue weighted by atomic mass is 10.1. The molecule has 3 rings (SSSR count). The molecule has 2 aromatic rings. The van der Waals surface area contributed by atoms with Crippen molar-refractivity contribution >= 4 is 5.91 Å². The molecule has 1 saturated heterocycles. The molecule has 1 aliphatic heterocycles. The number of aromatic nitrogens is 3. The van der Waals surface area contributed by atoms with Crippen LogP contribution in [0.5, 0.6) is 5.75 Å². The fourth-order valence-corrected chi connectivity index (χ4v) is 3.09. The van der Waals surface area contributed by atoms with Gasteiger partial charge in [-0.25, -0.2) is 4.68 Å². The molecule has 1 aromatic carbocycles. The molecule has 2 N–H and O–H groups in total. The van der Waals surface area contributed by atoms with E-state index in [1.54, 1.807) is 6.20 Å². The molecule has 0 atom stereocenters. The Hall–Kier alpha value is -2.41. The van der Waals surface area contributed by atoms with Crippen molar-refractivity contribution in [2.45, 2.75) is 45.7 Å². The molecule has 7 nitrogen and oxygen atoms in total. The Morgan fingerprint density at radius 3 is 2.89 bits per heavy atom. The van der Waals surface area contributed by atoms with E-state index in [0.29, 0.717) is 30.8 Å². The number of hydrogen-bond donors (Lipinski definition) is 2. The van der Waals surface area contributed by atoms with E-state index < -0.39 is 0 Å². The molecule has 7 heteroatoms. The van der Waals surface area contributed by atoms with Crippen molar-refractivity contribution in [3.8, 4) is 5.75 Å². The largest absolute Gasteiger partial charge is 0.493 e. The Labute approximate surface area is 160 Å². The van der Waals surface area contributed by atoms with Crippen molar-refractivity contribution in [2.75, 3.05) is 19.7 Å². The van der Waals surface area contributed by atoms with Gasteiger partial charge in [-0.05, 0) is 44.3 Å². The van der Waals surface area contributed by atoms with E-state index in [-0.39, 0.29) is 5.91 Å². The molecule has 0 unspecified atom stereocenters. The van der Waals surface area contributed by atoms with Crippen molar-refractivity contribution in [3.63, 3.8) is 0 Å². The van der Waals surface area contributed by atoms with Crippen LogP contribution in [0.1, 0.15) is 55.2 Å². The first-order valence-electron chi connectivity index (χ1n) is 9.75. The maximum atomic E-state index is 12.4. The quantitative estimate of drug-likeness (QED) is 0.745. The summed E-state index contributed by atoms with van der Waals surface area (Å²) in [4.78, 5) is 12.4. The predicted molar refractivity (Wildman–Crippen MR) is 104 cm³/mol. The molecule has 1 aliphatic rings. The van der Waals surface area contributed by atoms with Gasteiger partial charge in [-0.3, -0.25) is 4.79 Å². The molecular weight excluding hydrogens is 342 g/mol. The minimum atomic E-state index is -0.216. The Kier molecular flexibility index (Phi) is 6.81. The van der Waals surface area contributed by atoms with E-state index in [4.69, 9.17) is 4.74 Å². The summed E-state index contributed by atoms with van der Waals surface area (Å²) in [5.41, 5.74) is 1.31. The van der Waals surface area contributed by atoms with E-state index in [0.717, 1.165) is 43.7 Å². The highest BCUT2D eigenvalue weighted by molar-refractivity contribution is 5.91. The van der Waals surface area contributed by atoms with Gasteiger partial charge in [0.15, 0.2) is 5.69 Å². The average Bonchev–Trinajstić information content (AvgIpc) is 3.18. The number of ether oxygens (including phenoxy) is 1. The van der Waals surface area contributed by atoms with Gasteiger partial charge < -0.3 is 15.4 Å². The van der Waals surface area contributed by atoms with Gasteiger partial charge in [0.1, 0.15) is 5.75 Å². The van der Waals surface area contributed by atoms with E-state index in [1.807, 2.05) is 28.9 Å². The van der Waals surface area contributed by atoms with Crippen LogP contribution in [-0.2, 0) is 6.54 Å². The first-order chi connectivity index (χ1) is 13.1. The summed E-state index contributed by atoms with van der Waals surface area (Å²) in [6.07, 6.45) is 4.76.